The molecule has 0 saturated carbocycles. The number of nitrogens with one attached hydrogen (secondary N) is 2. The first kappa shape index (κ1) is 23.8. The van der Waals surface area contributed by atoms with Gasteiger partial charge in [0.25, 0.3) is 5.91 Å². The Labute approximate surface area is 209 Å². The number of carbonyl (C=O) groups is 2. The molecule has 2 heterocycles. The SMILES string of the molecule is O=C(CN1CCCc2c(NC(=O)c3ccc(F)cc3)cccc21)Nc1ccc(N2CCOCC2)cc1. The number of nitrogens with zero attached hydrogens (tertiary/aromatic N) is 2. The van der Waals surface area contributed by atoms with Gasteiger partial charge in [-0.2, -0.15) is 0 Å². The lowest BCUT2D eigenvalue weighted by Gasteiger charge is -2.32. The molecule has 0 radical (unpaired) electrons. The third-order valence-electron chi connectivity index (χ3n) is 6.56. The predicted octanol–water partition coefficient (Wildman–Crippen LogP) is 4.31. The molecule has 2 N–H and O–H groups in total. The molecule has 3 aromatic carbocycles. The van der Waals surface area contributed by atoms with E-state index in [1.54, 1.807) is 0 Å². The molecule has 0 spiro atoms. The van der Waals surface area contributed by atoms with Crippen molar-refractivity contribution in [1.29, 1.82) is 0 Å². The van der Waals surface area contributed by atoms with Crippen molar-refractivity contribution in [2.24, 2.45) is 0 Å². The van der Waals surface area contributed by atoms with E-state index in [1.807, 2.05) is 47.4 Å². The van der Waals surface area contributed by atoms with E-state index in [9.17, 15) is 14.0 Å². The molecule has 0 bridgehead atoms. The Bertz CT molecular complexity index is 1220. The van der Waals surface area contributed by atoms with Gasteiger partial charge >= 0.3 is 0 Å². The van der Waals surface area contributed by atoms with Gasteiger partial charge in [0, 0.05) is 47.9 Å². The van der Waals surface area contributed by atoms with E-state index in [1.165, 1.54) is 24.3 Å². The molecule has 2 amide bonds. The zero-order valence-corrected chi connectivity index (χ0v) is 20.0. The van der Waals surface area contributed by atoms with Gasteiger partial charge in [0.2, 0.25) is 5.91 Å². The van der Waals surface area contributed by atoms with Gasteiger partial charge in [-0.05, 0) is 79.1 Å². The highest BCUT2D eigenvalue weighted by molar-refractivity contribution is 6.05. The van der Waals surface area contributed by atoms with Crippen LogP contribution in [0.25, 0.3) is 0 Å². The second kappa shape index (κ2) is 10.8. The fraction of sp³-hybridized carbons (Fsp3) is 0.286. The van der Waals surface area contributed by atoms with Crippen molar-refractivity contribution in [3.8, 4) is 0 Å². The molecule has 7 nitrogen and oxygen atoms in total. The summed E-state index contributed by atoms with van der Waals surface area (Å²) < 4.78 is 18.6. The average Bonchev–Trinajstić information content (AvgIpc) is 2.90. The van der Waals surface area contributed by atoms with Crippen molar-refractivity contribution < 1.29 is 18.7 Å². The van der Waals surface area contributed by atoms with Gasteiger partial charge in [-0.1, -0.05) is 6.07 Å². The van der Waals surface area contributed by atoms with Gasteiger partial charge in [0.15, 0.2) is 0 Å². The quantitative estimate of drug-likeness (QED) is 0.541. The Morgan fingerprint density at radius 3 is 2.39 bits per heavy atom. The predicted molar refractivity (Wildman–Crippen MR) is 139 cm³/mol. The van der Waals surface area contributed by atoms with Crippen LogP contribution in [0.1, 0.15) is 22.3 Å². The molecular formula is C28H29FN4O3. The molecule has 2 aliphatic heterocycles. The number of halogens is 1. The van der Waals surface area contributed by atoms with Gasteiger partial charge in [0.1, 0.15) is 5.82 Å². The average molecular weight is 489 g/mol. The maximum atomic E-state index is 13.2. The number of fused-ring (bicyclic) bond motifs is 1. The molecule has 5 rings (SSSR count). The number of carbonyl (C=O) groups excluding carboxylic acids is 2. The second-order valence-electron chi connectivity index (χ2n) is 8.98. The summed E-state index contributed by atoms with van der Waals surface area (Å²) in [6.45, 7) is 4.17. The van der Waals surface area contributed by atoms with Crippen LogP contribution in [0.4, 0.5) is 27.1 Å². The van der Waals surface area contributed by atoms with Gasteiger partial charge in [-0.15, -0.1) is 0 Å². The second-order valence-corrected chi connectivity index (χ2v) is 8.98. The van der Waals surface area contributed by atoms with Crippen LogP contribution in [0.15, 0.2) is 66.7 Å². The lowest BCUT2D eigenvalue weighted by molar-refractivity contribution is -0.115. The van der Waals surface area contributed by atoms with E-state index in [4.69, 9.17) is 4.74 Å². The van der Waals surface area contributed by atoms with E-state index in [2.05, 4.69) is 15.5 Å². The summed E-state index contributed by atoms with van der Waals surface area (Å²) in [6, 6.07) is 19.1. The van der Waals surface area contributed by atoms with Crippen LogP contribution in [0.3, 0.4) is 0 Å². The largest absolute Gasteiger partial charge is 0.378 e. The summed E-state index contributed by atoms with van der Waals surface area (Å²) in [5, 5.41) is 5.95. The van der Waals surface area contributed by atoms with E-state index in [0.717, 1.165) is 68.3 Å². The fourth-order valence-corrected chi connectivity index (χ4v) is 4.73. The van der Waals surface area contributed by atoms with Crippen molar-refractivity contribution in [2.45, 2.75) is 12.8 Å². The van der Waals surface area contributed by atoms with E-state index in [-0.39, 0.29) is 24.2 Å². The number of rotatable bonds is 6. The highest BCUT2D eigenvalue weighted by Crippen LogP contribution is 2.33. The number of benzene rings is 3. The molecule has 1 saturated heterocycles. The topological polar surface area (TPSA) is 73.9 Å². The Morgan fingerprint density at radius 1 is 0.889 bits per heavy atom. The molecule has 0 atom stereocenters. The summed E-state index contributed by atoms with van der Waals surface area (Å²) >= 11 is 0. The number of ether oxygens (including phenoxy) is 1. The van der Waals surface area contributed by atoms with Crippen LogP contribution in [0.5, 0.6) is 0 Å². The first-order chi connectivity index (χ1) is 17.6. The van der Waals surface area contributed by atoms with Gasteiger partial charge in [-0.3, -0.25) is 9.59 Å². The van der Waals surface area contributed by atoms with Crippen LogP contribution < -0.4 is 20.4 Å². The first-order valence-electron chi connectivity index (χ1n) is 12.2. The minimum atomic E-state index is -0.384. The zero-order chi connectivity index (χ0) is 24.9. The van der Waals surface area contributed by atoms with Crippen molar-refractivity contribution in [3.63, 3.8) is 0 Å². The molecule has 186 valence electrons. The lowest BCUT2D eigenvalue weighted by Crippen LogP contribution is -2.37. The first-order valence-corrected chi connectivity index (χ1v) is 12.2. The minimum absolute atomic E-state index is 0.0947. The van der Waals surface area contributed by atoms with Crippen LogP contribution in [-0.2, 0) is 16.0 Å². The smallest absolute Gasteiger partial charge is 0.255 e. The highest BCUT2D eigenvalue weighted by Gasteiger charge is 2.22. The molecule has 3 aromatic rings. The van der Waals surface area contributed by atoms with E-state index >= 15 is 0 Å². The van der Waals surface area contributed by atoms with E-state index < -0.39 is 0 Å². The summed E-state index contributed by atoms with van der Waals surface area (Å²) in [5.41, 5.74) is 4.93. The lowest BCUT2D eigenvalue weighted by atomic mass is 9.99. The van der Waals surface area contributed by atoms with Crippen LogP contribution in [-0.4, -0.2) is 51.2 Å². The maximum Gasteiger partial charge on any atom is 0.255 e. The molecule has 36 heavy (non-hydrogen) atoms. The number of hydrogen-bond donors (Lipinski definition) is 2. The molecule has 2 aliphatic rings. The third-order valence-corrected chi connectivity index (χ3v) is 6.56. The van der Waals surface area contributed by atoms with Crippen molar-refractivity contribution in [2.75, 3.05) is 59.8 Å². The van der Waals surface area contributed by atoms with Crippen LogP contribution >= 0.6 is 0 Å². The standard InChI is InChI=1S/C28H29FN4O3/c29-21-8-6-20(7-9-21)28(35)31-25-4-1-5-26-24(25)3-2-14-33(26)19-27(34)30-22-10-12-23(13-11-22)32-15-17-36-18-16-32/h1,4-13H,2-3,14-19H2,(H,30,34)(H,31,35). The Morgan fingerprint density at radius 2 is 1.64 bits per heavy atom. The maximum absolute atomic E-state index is 13.2. The Balaban J connectivity index is 1.23. The Kier molecular flexibility index (Phi) is 7.13. The number of amides is 2. The van der Waals surface area contributed by atoms with Crippen molar-refractivity contribution in [1.82, 2.24) is 0 Å². The van der Waals surface area contributed by atoms with Gasteiger partial charge in [0.05, 0.1) is 19.8 Å². The van der Waals surface area contributed by atoms with E-state index in [0.29, 0.717) is 11.3 Å². The number of morpholine rings is 1. The molecule has 1 fully saturated rings. The normalized spacial score (nSPS) is 15.2. The Hall–Kier alpha value is -3.91. The monoisotopic (exact) mass is 488 g/mol. The van der Waals surface area contributed by atoms with Crippen LogP contribution in [0.2, 0.25) is 0 Å². The van der Waals surface area contributed by atoms with Gasteiger partial charge < -0.3 is 25.2 Å². The van der Waals surface area contributed by atoms with Gasteiger partial charge in [-0.25, -0.2) is 4.39 Å². The molecule has 0 aliphatic carbocycles. The van der Waals surface area contributed by atoms with Crippen molar-refractivity contribution in [3.05, 3.63) is 83.7 Å². The van der Waals surface area contributed by atoms with Crippen LogP contribution in [0, 0.1) is 5.82 Å². The minimum Gasteiger partial charge on any atom is -0.378 e. The molecule has 0 aromatic heterocycles. The molecule has 0 unspecified atom stereocenters. The summed E-state index contributed by atoms with van der Waals surface area (Å²) in [6.07, 6.45) is 1.67. The summed E-state index contributed by atoms with van der Waals surface area (Å²) in [5.74, 6) is -0.771. The summed E-state index contributed by atoms with van der Waals surface area (Å²) in [4.78, 5) is 29.9. The molecule has 8 heteroatoms. The third kappa shape index (κ3) is 5.49. The van der Waals surface area contributed by atoms with Crippen molar-refractivity contribution >= 4 is 34.6 Å². The molecular weight excluding hydrogens is 459 g/mol. The number of anilines is 4. The highest BCUT2D eigenvalue weighted by atomic mass is 19.1. The zero-order valence-electron chi connectivity index (χ0n) is 20.0. The fourth-order valence-electron chi connectivity index (χ4n) is 4.73. The number of hydrogen-bond acceptors (Lipinski definition) is 5. The summed E-state index contributed by atoms with van der Waals surface area (Å²) in [7, 11) is 0.